The molecule has 0 saturated carbocycles. The van der Waals surface area contributed by atoms with Gasteiger partial charge in [0.25, 0.3) is 0 Å². The Labute approximate surface area is 66.9 Å². The summed E-state index contributed by atoms with van der Waals surface area (Å²) in [6.45, 7) is 2.42. The first kappa shape index (κ1) is 10.2. The lowest BCUT2D eigenvalue weighted by Gasteiger charge is -1.97. The molecular weight excluding hydrogens is 142 g/mol. The molecule has 3 nitrogen and oxygen atoms in total. The van der Waals surface area contributed by atoms with Crippen LogP contribution in [0, 0.1) is 0 Å². The second kappa shape index (κ2) is 5.92. The van der Waals surface area contributed by atoms with E-state index in [1.165, 1.54) is 0 Å². The number of carboxylic acid groups (broad SMARTS) is 1. The Bertz CT molecular complexity index is 152. The van der Waals surface area contributed by atoms with Gasteiger partial charge in [0.2, 0.25) is 0 Å². The van der Waals surface area contributed by atoms with Gasteiger partial charge in [-0.25, -0.2) is 4.79 Å². The molecule has 0 aromatic rings. The SMILES string of the molecule is CCCC=C(CCN)C(=O)O. The van der Waals surface area contributed by atoms with Gasteiger partial charge in [0.05, 0.1) is 0 Å². The molecule has 0 aliphatic rings. The Morgan fingerprint density at radius 1 is 1.64 bits per heavy atom. The quantitative estimate of drug-likeness (QED) is 0.588. The molecule has 0 unspecified atom stereocenters. The molecule has 0 radical (unpaired) electrons. The van der Waals surface area contributed by atoms with E-state index in [4.69, 9.17) is 10.8 Å². The smallest absolute Gasteiger partial charge is 0.331 e. The van der Waals surface area contributed by atoms with E-state index in [1.54, 1.807) is 6.08 Å². The van der Waals surface area contributed by atoms with Crippen molar-refractivity contribution in [1.29, 1.82) is 0 Å². The van der Waals surface area contributed by atoms with Gasteiger partial charge in [-0.3, -0.25) is 0 Å². The average molecular weight is 157 g/mol. The maximum atomic E-state index is 10.5. The first-order valence-corrected chi connectivity index (χ1v) is 3.84. The van der Waals surface area contributed by atoms with Crippen LogP contribution < -0.4 is 5.73 Å². The number of unbranched alkanes of at least 4 members (excludes halogenated alkanes) is 1. The van der Waals surface area contributed by atoms with Crippen LogP contribution in [-0.4, -0.2) is 17.6 Å². The molecule has 0 aliphatic carbocycles. The van der Waals surface area contributed by atoms with Crippen LogP contribution in [0.25, 0.3) is 0 Å². The fourth-order valence-electron chi connectivity index (χ4n) is 0.770. The van der Waals surface area contributed by atoms with E-state index in [9.17, 15) is 4.79 Å². The normalized spacial score (nSPS) is 11.6. The lowest BCUT2D eigenvalue weighted by atomic mass is 10.1. The molecule has 0 spiro atoms. The van der Waals surface area contributed by atoms with Crippen molar-refractivity contribution in [2.24, 2.45) is 5.73 Å². The molecule has 64 valence electrons. The van der Waals surface area contributed by atoms with Crippen LogP contribution in [0.15, 0.2) is 11.6 Å². The fourth-order valence-corrected chi connectivity index (χ4v) is 0.770. The summed E-state index contributed by atoms with van der Waals surface area (Å²) in [6.07, 6.45) is 4.01. The van der Waals surface area contributed by atoms with E-state index >= 15 is 0 Å². The molecule has 0 aromatic carbocycles. The minimum atomic E-state index is -0.844. The molecule has 3 heteroatoms. The Kier molecular flexibility index (Phi) is 5.47. The second-order valence-corrected chi connectivity index (χ2v) is 2.36. The van der Waals surface area contributed by atoms with Crippen molar-refractivity contribution < 1.29 is 9.90 Å². The lowest BCUT2D eigenvalue weighted by molar-refractivity contribution is -0.132. The average Bonchev–Trinajstić information content (AvgIpc) is 1.97. The van der Waals surface area contributed by atoms with Crippen molar-refractivity contribution in [3.8, 4) is 0 Å². The van der Waals surface area contributed by atoms with Crippen molar-refractivity contribution in [2.45, 2.75) is 26.2 Å². The van der Waals surface area contributed by atoms with Crippen molar-refractivity contribution in [3.05, 3.63) is 11.6 Å². The molecule has 0 bridgehead atoms. The highest BCUT2D eigenvalue weighted by molar-refractivity contribution is 5.86. The Morgan fingerprint density at radius 2 is 2.27 bits per heavy atom. The number of hydrogen-bond acceptors (Lipinski definition) is 2. The zero-order valence-corrected chi connectivity index (χ0v) is 6.84. The lowest BCUT2D eigenvalue weighted by Crippen LogP contribution is -2.07. The van der Waals surface area contributed by atoms with Crippen molar-refractivity contribution in [2.75, 3.05) is 6.54 Å². The summed E-state index contributed by atoms with van der Waals surface area (Å²) in [5, 5.41) is 8.61. The highest BCUT2D eigenvalue weighted by Gasteiger charge is 2.03. The van der Waals surface area contributed by atoms with E-state index in [0.717, 1.165) is 12.8 Å². The molecule has 0 saturated heterocycles. The summed E-state index contributed by atoms with van der Waals surface area (Å²) in [5.41, 5.74) is 5.67. The summed E-state index contributed by atoms with van der Waals surface area (Å²) in [5.74, 6) is -0.844. The number of carboxylic acids is 1. The molecule has 0 fully saturated rings. The number of allylic oxidation sites excluding steroid dienone is 1. The maximum Gasteiger partial charge on any atom is 0.331 e. The van der Waals surface area contributed by atoms with E-state index in [1.807, 2.05) is 6.92 Å². The van der Waals surface area contributed by atoms with Crippen LogP contribution in [0.5, 0.6) is 0 Å². The molecule has 0 amide bonds. The summed E-state index contributed by atoms with van der Waals surface area (Å²) < 4.78 is 0. The third-order valence-electron chi connectivity index (χ3n) is 1.37. The minimum Gasteiger partial charge on any atom is -0.478 e. The van der Waals surface area contributed by atoms with Crippen molar-refractivity contribution in [3.63, 3.8) is 0 Å². The number of hydrogen-bond donors (Lipinski definition) is 2. The van der Waals surface area contributed by atoms with E-state index in [2.05, 4.69) is 0 Å². The second-order valence-electron chi connectivity index (χ2n) is 2.36. The molecule has 0 aromatic heterocycles. The topological polar surface area (TPSA) is 63.3 Å². The summed E-state index contributed by atoms with van der Waals surface area (Å²) >= 11 is 0. The van der Waals surface area contributed by atoms with Gasteiger partial charge in [0, 0.05) is 5.57 Å². The van der Waals surface area contributed by atoms with E-state index in [-0.39, 0.29) is 0 Å². The zero-order chi connectivity index (χ0) is 8.69. The van der Waals surface area contributed by atoms with E-state index in [0.29, 0.717) is 18.5 Å². The van der Waals surface area contributed by atoms with Crippen LogP contribution in [-0.2, 0) is 4.79 Å². The van der Waals surface area contributed by atoms with Crippen LogP contribution in [0.2, 0.25) is 0 Å². The third-order valence-corrected chi connectivity index (χ3v) is 1.37. The Morgan fingerprint density at radius 3 is 2.64 bits per heavy atom. The summed E-state index contributed by atoms with van der Waals surface area (Å²) in [7, 11) is 0. The van der Waals surface area contributed by atoms with E-state index < -0.39 is 5.97 Å². The van der Waals surface area contributed by atoms with Gasteiger partial charge in [-0.2, -0.15) is 0 Å². The van der Waals surface area contributed by atoms with Crippen molar-refractivity contribution >= 4 is 5.97 Å². The Hall–Kier alpha value is -0.830. The molecule has 0 rings (SSSR count). The molecule has 0 heterocycles. The summed E-state index contributed by atoms with van der Waals surface area (Å²) in [4.78, 5) is 10.5. The van der Waals surface area contributed by atoms with Gasteiger partial charge >= 0.3 is 5.97 Å². The predicted molar refractivity (Wildman–Crippen MR) is 44.3 cm³/mol. The van der Waals surface area contributed by atoms with Gasteiger partial charge in [0.15, 0.2) is 0 Å². The first-order valence-electron chi connectivity index (χ1n) is 3.84. The molecule has 0 atom stereocenters. The zero-order valence-electron chi connectivity index (χ0n) is 6.84. The maximum absolute atomic E-state index is 10.5. The molecule has 11 heavy (non-hydrogen) atoms. The van der Waals surface area contributed by atoms with Crippen molar-refractivity contribution in [1.82, 2.24) is 0 Å². The van der Waals surface area contributed by atoms with Crippen LogP contribution in [0.4, 0.5) is 0 Å². The summed E-state index contributed by atoms with van der Waals surface area (Å²) in [6, 6.07) is 0. The minimum absolute atomic E-state index is 0.405. The third kappa shape index (κ3) is 4.56. The number of aliphatic carboxylic acids is 1. The molecule has 0 aliphatic heterocycles. The number of carbonyl (C=O) groups is 1. The number of nitrogens with two attached hydrogens (primary N) is 1. The standard InChI is InChI=1S/C8H15NO2/c1-2-3-4-7(5-6-9)8(10)11/h4H,2-3,5-6,9H2,1H3,(H,10,11). The highest BCUT2D eigenvalue weighted by Crippen LogP contribution is 2.03. The Balaban J connectivity index is 3.97. The number of rotatable bonds is 5. The van der Waals surface area contributed by atoms with Crippen LogP contribution in [0.1, 0.15) is 26.2 Å². The van der Waals surface area contributed by atoms with Crippen LogP contribution in [0.3, 0.4) is 0 Å². The van der Waals surface area contributed by atoms with Gasteiger partial charge in [-0.1, -0.05) is 19.4 Å². The highest BCUT2D eigenvalue weighted by atomic mass is 16.4. The predicted octanol–water partition coefficient (Wildman–Crippen LogP) is 1.15. The molecule has 3 N–H and O–H groups in total. The van der Waals surface area contributed by atoms with Crippen LogP contribution >= 0.6 is 0 Å². The monoisotopic (exact) mass is 157 g/mol. The van der Waals surface area contributed by atoms with Gasteiger partial charge < -0.3 is 10.8 Å². The van der Waals surface area contributed by atoms with Gasteiger partial charge in [-0.15, -0.1) is 0 Å². The van der Waals surface area contributed by atoms with Gasteiger partial charge in [0.1, 0.15) is 0 Å². The van der Waals surface area contributed by atoms with Gasteiger partial charge in [-0.05, 0) is 19.4 Å². The molecular formula is C8H15NO2. The largest absolute Gasteiger partial charge is 0.478 e. The fraction of sp³-hybridized carbons (Fsp3) is 0.625. The first-order chi connectivity index (χ1) is 5.22.